The molecule has 2 fully saturated rings. The molecule has 1 saturated heterocycles. The van der Waals surface area contributed by atoms with Crippen LogP contribution >= 0.6 is 15.9 Å². The van der Waals surface area contributed by atoms with Gasteiger partial charge in [0.1, 0.15) is 6.10 Å². The molecule has 4 heteroatoms. The van der Waals surface area contributed by atoms with Crippen molar-refractivity contribution in [2.45, 2.75) is 45.1 Å². The van der Waals surface area contributed by atoms with E-state index in [1.807, 2.05) is 0 Å². The predicted molar refractivity (Wildman–Crippen MR) is 75.8 cm³/mol. The standard InChI is InChI=1S/C14H24BrNO2/c1-10-6-7-18-13(10)14(17)16-9-12-5-3-2-4-11(12)8-15/h10-13H,2-9H2,1H3,(H,16,17). The van der Waals surface area contributed by atoms with E-state index in [2.05, 4.69) is 28.2 Å². The Hall–Kier alpha value is -0.0900. The topological polar surface area (TPSA) is 38.3 Å². The summed E-state index contributed by atoms with van der Waals surface area (Å²) in [7, 11) is 0. The highest BCUT2D eigenvalue weighted by atomic mass is 79.9. The van der Waals surface area contributed by atoms with E-state index in [0.717, 1.165) is 30.8 Å². The number of rotatable bonds is 4. The molecule has 1 aliphatic carbocycles. The summed E-state index contributed by atoms with van der Waals surface area (Å²) < 4.78 is 5.50. The van der Waals surface area contributed by atoms with Crippen LogP contribution in [0.1, 0.15) is 39.0 Å². The van der Waals surface area contributed by atoms with Gasteiger partial charge in [-0.15, -0.1) is 0 Å². The van der Waals surface area contributed by atoms with Gasteiger partial charge in [-0.3, -0.25) is 4.79 Å². The zero-order valence-corrected chi connectivity index (χ0v) is 12.7. The number of hydrogen-bond acceptors (Lipinski definition) is 2. The van der Waals surface area contributed by atoms with Crippen molar-refractivity contribution in [2.75, 3.05) is 18.5 Å². The van der Waals surface area contributed by atoms with Crippen LogP contribution in [0.15, 0.2) is 0 Å². The first-order valence-electron chi connectivity index (χ1n) is 7.17. The van der Waals surface area contributed by atoms with Gasteiger partial charge in [0, 0.05) is 18.5 Å². The molecule has 1 saturated carbocycles. The zero-order valence-electron chi connectivity index (χ0n) is 11.2. The molecule has 1 aliphatic heterocycles. The van der Waals surface area contributed by atoms with Crippen LogP contribution in [0.3, 0.4) is 0 Å². The molecule has 0 spiro atoms. The number of halogens is 1. The van der Waals surface area contributed by atoms with Gasteiger partial charge >= 0.3 is 0 Å². The highest BCUT2D eigenvalue weighted by Crippen LogP contribution is 2.31. The van der Waals surface area contributed by atoms with Crippen molar-refractivity contribution in [3.8, 4) is 0 Å². The molecule has 0 bridgehead atoms. The van der Waals surface area contributed by atoms with Crippen molar-refractivity contribution in [3.05, 3.63) is 0 Å². The zero-order chi connectivity index (χ0) is 13.0. The van der Waals surface area contributed by atoms with Crippen molar-refractivity contribution in [1.82, 2.24) is 5.32 Å². The predicted octanol–water partition coefficient (Wildman–Crippen LogP) is 2.73. The summed E-state index contributed by atoms with van der Waals surface area (Å²) in [5, 5.41) is 4.16. The Morgan fingerprint density at radius 1 is 1.28 bits per heavy atom. The number of ether oxygens (including phenoxy) is 1. The normalized spacial score (nSPS) is 36.6. The van der Waals surface area contributed by atoms with Crippen LogP contribution < -0.4 is 5.32 Å². The summed E-state index contributed by atoms with van der Waals surface area (Å²) >= 11 is 3.60. The molecular weight excluding hydrogens is 294 g/mol. The first kappa shape index (κ1) is 14.3. The van der Waals surface area contributed by atoms with Gasteiger partial charge in [-0.1, -0.05) is 35.7 Å². The fourth-order valence-corrected chi connectivity index (χ4v) is 3.97. The Morgan fingerprint density at radius 2 is 2.00 bits per heavy atom. The molecule has 1 N–H and O–H groups in total. The first-order chi connectivity index (χ1) is 8.72. The van der Waals surface area contributed by atoms with Gasteiger partial charge in [0.25, 0.3) is 0 Å². The van der Waals surface area contributed by atoms with Crippen LogP contribution in [-0.4, -0.2) is 30.5 Å². The molecule has 0 aromatic rings. The van der Waals surface area contributed by atoms with E-state index in [9.17, 15) is 4.79 Å². The number of carbonyl (C=O) groups is 1. The third kappa shape index (κ3) is 3.47. The smallest absolute Gasteiger partial charge is 0.249 e. The van der Waals surface area contributed by atoms with Crippen LogP contribution in [-0.2, 0) is 9.53 Å². The van der Waals surface area contributed by atoms with Gasteiger partial charge in [-0.2, -0.15) is 0 Å². The number of nitrogens with one attached hydrogen (secondary N) is 1. The lowest BCUT2D eigenvalue weighted by molar-refractivity contribution is -0.131. The molecule has 2 aliphatic rings. The Balaban J connectivity index is 1.77. The Labute approximate surface area is 118 Å². The van der Waals surface area contributed by atoms with Gasteiger partial charge in [0.15, 0.2) is 0 Å². The summed E-state index contributed by atoms with van der Waals surface area (Å²) in [5.74, 6) is 1.82. The lowest BCUT2D eigenvalue weighted by Crippen LogP contribution is -2.41. The van der Waals surface area contributed by atoms with Crippen molar-refractivity contribution < 1.29 is 9.53 Å². The average molecular weight is 318 g/mol. The third-order valence-electron chi connectivity index (χ3n) is 4.45. The van der Waals surface area contributed by atoms with Crippen LogP contribution in [0, 0.1) is 17.8 Å². The summed E-state index contributed by atoms with van der Waals surface area (Å²) in [6.45, 7) is 3.65. The molecule has 1 amide bonds. The van der Waals surface area contributed by atoms with Gasteiger partial charge in [-0.05, 0) is 37.0 Å². The second-order valence-electron chi connectivity index (χ2n) is 5.76. The van der Waals surface area contributed by atoms with Gasteiger partial charge in [0.05, 0.1) is 0 Å². The molecule has 0 aromatic heterocycles. The largest absolute Gasteiger partial charge is 0.368 e. The van der Waals surface area contributed by atoms with E-state index < -0.39 is 0 Å². The van der Waals surface area contributed by atoms with Crippen LogP contribution in [0.25, 0.3) is 0 Å². The minimum absolute atomic E-state index is 0.0962. The lowest BCUT2D eigenvalue weighted by Gasteiger charge is -2.30. The third-order valence-corrected chi connectivity index (χ3v) is 5.28. The Morgan fingerprint density at radius 3 is 2.61 bits per heavy atom. The van der Waals surface area contributed by atoms with E-state index in [4.69, 9.17) is 4.74 Å². The summed E-state index contributed by atoms with van der Waals surface area (Å²) in [6, 6.07) is 0. The molecule has 4 atom stereocenters. The Kier molecular flexibility index (Phi) is 5.49. The van der Waals surface area contributed by atoms with E-state index in [1.165, 1.54) is 25.7 Å². The van der Waals surface area contributed by atoms with Crippen molar-refractivity contribution >= 4 is 21.8 Å². The van der Waals surface area contributed by atoms with E-state index in [1.54, 1.807) is 0 Å². The van der Waals surface area contributed by atoms with Crippen LogP contribution in [0.5, 0.6) is 0 Å². The lowest BCUT2D eigenvalue weighted by atomic mass is 9.80. The summed E-state index contributed by atoms with van der Waals surface area (Å²) in [6.07, 6.45) is 5.98. The first-order valence-corrected chi connectivity index (χ1v) is 8.29. The van der Waals surface area contributed by atoms with Gasteiger partial charge in [-0.25, -0.2) is 0 Å². The van der Waals surface area contributed by atoms with Crippen LogP contribution in [0.2, 0.25) is 0 Å². The second kappa shape index (κ2) is 6.90. The number of carbonyl (C=O) groups excluding carboxylic acids is 1. The SMILES string of the molecule is CC1CCOC1C(=O)NCC1CCCCC1CBr. The molecular formula is C14H24BrNO2. The average Bonchev–Trinajstić information content (AvgIpc) is 2.82. The maximum absolute atomic E-state index is 12.0. The number of hydrogen-bond donors (Lipinski definition) is 1. The highest BCUT2D eigenvalue weighted by Gasteiger charge is 2.32. The van der Waals surface area contributed by atoms with Crippen molar-refractivity contribution in [3.63, 3.8) is 0 Å². The molecule has 1 heterocycles. The molecule has 4 unspecified atom stereocenters. The number of amides is 1. The molecule has 3 nitrogen and oxygen atoms in total. The van der Waals surface area contributed by atoms with E-state index in [-0.39, 0.29) is 12.0 Å². The fraction of sp³-hybridized carbons (Fsp3) is 0.929. The van der Waals surface area contributed by atoms with Gasteiger partial charge in [0.2, 0.25) is 5.91 Å². The van der Waals surface area contributed by atoms with E-state index in [0.29, 0.717) is 11.8 Å². The maximum Gasteiger partial charge on any atom is 0.249 e. The summed E-state index contributed by atoms with van der Waals surface area (Å²) in [5.41, 5.74) is 0. The van der Waals surface area contributed by atoms with Crippen molar-refractivity contribution in [1.29, 1.82) is 0 Å². The monoisotopic (exact) mass is 317 g/mol. The second-order valence-corrected chi connectivity index (χ2v) is 6.41. The molecule has 0 radical (unpaired) electrons. The van der Waals surface area contributed by atoms with Crippen LogP contribution in [0.4, 0.5) is 0 Å². The Bertz CT molecular complexity index is 285. The molecule has 18 heavy (non-hydrogen) atoms. The summed E-state index contributed by atoms with van der Waals surface area (Å²) in [4.78, 5) is 12.0. The highest BCUT2D eigenvalue weighted by molar-refractivity contribution is 9.09. The maximum atomic E-state index is 12.0. The minimum atomic E-state index is -0.212. The molecule has 104 valence electrons. The van der Waals surface area contributed by atoms with E-state index >= 15 is 0 Å². The fourth-order valence-electron chi connectivity index (χ4n) is 3.12. The number of alkyl halides is 1. The van der Waals surface area contributed by atoms with Gasteiger partial charge < -0.3 is 10.1 Å². The molecule has 2 rings (SSSR count). The quantitative estimate of drug-likeness (QED) is 0.810. The van der Waals surface area contributed by atoms with Crippen molar-refractivity contribution in [2.24, 2.45) is 17.8 Å². The molecule has 0 aromatic carbocycles. The minimum Gasteiger partial charge on any atom is -0.368 e.